The lowest BCUT2D eigenvalue weighted by Gasteiger charge is -2.04. The second-order valence-electron chi connectivity index (χ2n) is 8.00. The van der Waals surface area contributed by atoms with Crippen molar-refractivity contribution in [1.82, 2.24) is 0 Å². The maximum Gasteiger partial charge on any atom is 0.133 e. The Morgan fingerprint density at radius 2 is 0.885 bits per heavy atom. The Kier molecular flexibility index (Phi) is 21.8. The van der Waals surface area contributed by atoms with Gasteiger partial charge < -0.3 is 4.79 Å². The molecule has 26 heavy (non-hydrogen) atoms. The van der Waals surface area contributed by atoms with Crippen molar-refractivity contribution in [2.75, 3.05) is 0 Å². The van der Waals surface area contributed by atoms with Crippen LogP contribution in [0.25, 0.3) is 0 Å². The number of hydrogen-bond donors (Lipinski definition) is 0. The van der Waals surface area contributed by atoms with Crippen LogP contribution < -0.4 is 0 Å². The lowest BCUT2D eigenvalue weighted by atomic mass is 10.0. The highest BCUT2D eigenvalue weighted by molar-refractivity contribution is 5.80. The summed E-state index contributed by atoms with van der Waals surface area (Å²) in [6.07, 6.45) is 27.0. The summed E-state index contributed by atoms with van der Waals surface area (Å²) in [4.78, 5) is 21.6. The third kappa shape index (κ3) is 21.4. The fraction of sp³-hybridized carbons (Fsp3) is 0.917. The summed E-state index contributed by atoms with van der Waals surface area (Å²) in [5.41, 5.74) is 0. The van der Waals surface area contributed by atoms with E-state index in [-0.39, 0.29) is 5.78 Å². The molecule has 0 bridgehead atoms. The van der Waals surface area contributed by atoms with Gasteiger partial charge in [-0.15, -0.1) is 0 Å². The van der Waals surface area contributed by atoms with Crippen molar-refractivity contribution >= 4 is 12.1 Å². The molecule has 0 amide bonds. The molecule has 0 aromatic rings. The maximum absolute atomic E-state index is 11.4. The Balaban J connectivity index is 3.05. The van der Waals surface area contributed by atoms with Gasteiger partial charge in [-0.3, -0.25) is 4.79 Å². The van der Waals surface area contributed by atoms with Gasteiger partial charge in [-0.25, -0.2) is 0 Å². The zero-order chi connectivity index (χ0) is 19.1. The fourth-order valence-corrected chi connectivity index (χ4v) is 3.57. The predicted molar refractivity (Wildman–Crippen MR) is 114 cm³/mol. The summed E-state index contributed by atoms with van der Waals surface area (Å²) in [5.74, 6) is 0.258. The van der Waals surface area contributed by atoms with Crippen molar-refractivity contribution in [2.24, 2.45) is 0 Å². The van der Waals surface area contributed by atoms with Crippen molar-refractivity contribution in [3.8, 4) is 0 Å². The largest absolute Gasteiger partial charge is 0.303 e. The zero-order valence-corrected chi connectivity index (χ0v) is 17.7. The molecule has 2 nitrogen and oxygen atoms in total. The van der Waals surface area contributed by atoms with Crippen LogP contribution in [0.1, 0.15) is 142 Å². The van der Waals surface area contributed by atoms with Gasteiger partial charge in [0, 0.05) is 19.3 Å². The van der Waals surface area contributed by atoms with E-state index in [1.54, 1.807) is 0 Å². The van der Waals surface area contributed by atoms with Crippen molar-refractivity contribution in [1.29, 1.82) is 0 Å². The van der Waals surface area contributed by atoms with E-state index in [0.717, 1.165) is 12.7 Å². The first kappa shape index (κ1) is 25.3. The van der Waals surface area contributed by atoms with Crippen molar-refractivity contribution < 1.29 is 9.59 Å². The summed E-state index contributed by atoms with van der Waals surface area (Å²) in [6, 6.07) is 0. The van der Waals surface area contributed by atoms with Crippen LogP contribution in [0.5, 0.6) is 0 Å². The van der Waals surface area contributed by atoms with E-state index < -0.39 is 0 Å². The molecule has 0 rings (SSSR count). The molecule has 0 aliphatic carbocycles. The third-order valence-corrected chi connectivity index (χ3v) is 5.35. The first-order valence-electron chi connectivity index (χ1n) is 11.8. The minimum absolute atomic E-state index is 0.258. The monoisotopic (exact) mass is 366 g/mol. The molecule has 0 aliphatic rings. The lowest BCUT2D eigenvalue weighted by molar-refractivity contribution is -0.120. The average molecular weight is 367 g/mol. The Labute approximate surface area is 163 Å². The quantitative estimate of drug-likeness (QED) is 0.144. The molecular formula is C24H46O2. The predicted octanol–water partition coefficient (Wildman–Crippen LogP) is 7.97. The molecule has 0 fully saturated rings. The number of aldehydes is 1. The molecule has 0 N–H and O–H groups in total. The highest BCUT2D eigenvalue weighted by Gasteiger charge is 2.01. The van der Waals surface area contributed by atoms with Gasteiger partial charge in [0.1, 0.15) is 12.1 Å². The Morgan fingerprint density at radius 1 is 0.538 bits per heavy atom. The molecule has 0 aliphatic heterocycles. The molecule has 0 heterocycles. The summed E-state index contributed by atoms with van der Waals surface area (Å²) in [6.45, 7) is 2.28. The molecule has 0 unspecified atom stereocenters. The minimum Gasteiger partial charge on any atom is -0.303 e. The number of ketones is 1. The van der Waals surface area contributed by atoms with Gasteiger partial charge in [0.25, 0.3) is 0 Å². The van der Waals surface area contributed by atoms with Crippen LogP contribution in [0, 0.1) is 0 Å². The number of rotatable bonds is 22. The van der Waals surface area contributed by atoms with Crippen molar-refractivity contribution in [2.45, 2.75) is 142 Å². The molecule has 0 atom stereocenters. The molecule has 0 radical (unpaired) electrons. The second kappa shape index (κ2) is 22.4. The zero-order valence-electron chi connectivity index (χ0n) is 17.7. The topological polar surface area (TPSA) is 34.1 Å². The van der Waals surface area contributed by atoms with Gasteiger partial charge >= 0.3 is 0 Å². The van der Waals surface area contributed by atoms with Crippen LogP contribution in [0.2, 0.25) is 0 Å². The Morgan fingerprint density at radius 3 is 1.23 bits per heavy atom. The number of unbranched alkanes of at least 4 members (excludes halogenated alkanes) is 17. The number of carbonyl (C=O) groups excluding carboxylic acids is 2. The van der Waals surface area contributed by atoms with E-state index >= 15 is 0 Å². The van der Waals surface area contributed by atoms with Gasteiger partial charge in [-0.2, -0.15) is 0 Å². The summed E-state index contributed by atoms with van der Waals surface area (Å²) < 4.78 is 0. The Hall–Kier alpha value is -0.660. The molecular weight excluding hydrogens is 320 g/mol. The minimum atomic E-state index is 0.258. The van der Waals surface area contributed by atoms with Gasteiger partial charge in [0.05, 0.1) is 0 Å². The van der Waals surface area contributed by atoms with E-state index in [1.807, 2.05) is 0 Å². The maximum atomic E-state index is 11.4. The average Bonchev–Trinajstić information content (AvgIpc) is 2.65. The van der Waals surface area contributed by atoms with E-state index in [4.69, 9.17) is 0 Å². The lowest BCUT2D eigenvalue weighted by Crippen LogP contribution is -1.97. The van der Waals surface area contributed by atoms with Crippen molar-refractivity contribution in [3.05, 3.63) is 0 Å². The van der Waals surface area contributed by atoms with Gasteiger partial charge in [-0.1, -0.05) is 116 Å². The highest BCUT2D eigenvalue weighted by Crippen LogP contribution is 2.14. The van der Waals surface area contributed by atoms with Crippen LogP contribution in [-0.2, 0) is 9.59 Å². The highest BCUT2D eigenvalue weighted by atomic mass is 16.1. The second-order valence-corrected chi connectivity index (χ2v) is 8.00. The van der Waals surface area contributed by atoms with E-state index in [2.05, 4.69) is 6.92 Å². The number of hydrogen-bond acceptors (Lipinski definition) is 2. The molecule has 2 heteroatoms. The fourth-order valence-electron chi connectivity index (χ4n) is 3.57. The number of carbonyl (C=O) groups is 2. The molecule has 0 saturated heterocycles. The molecule has 0 aromatic carbocycles. The van der Waals surface area contributed by atoms with Gasteiger partial charge in [0.15, 0.2) is 0 Å². The molecule has 154 valence electrons. The smallest absolute Gasteiger partial charge is 0.133 e. The molecule has 0 saturated carbocycles. The van der Waals surface area contributed by atoms with E-state index in [9.17, 15) is 9.59 Å². The van der Waals surface area contributed by atoms with Crippen LogP contribution in [0.15, 0.2) is 0 Å². The Bertz CT molecular complexity index is 299. The van der Waals surface area contributed by atoms with Crippen LogP contribution in [-0.4, -0.2) is 12.1 Å². The number of Topliss-reactive ketones (excluding diaryl/α,β-unsaturated/α-hetero) is 1. The van der Waals surface area contributed by atoms with Gasteiger partial charge in [0.2, 0.25) is 0 Å². The summed E-state index contributed by atoms with van der Waals surface area (Å²) in [7, 11) is 0. The van der Waals surface area contributed by atoms with E-state index in [1.165, 1.54) is 109 Å². The van der Waals surface area contributed by atoms with Gasteiger partial charge in [-0.05, 0) is 6.42 Å². The summed E-state index contributed by atoms with van der Waals surface area (Å²) >= 11 is 0. The first-order valence-corrected chi connectivity index (χ1v) is 11.8. The van der Waals surface area contributed by atoms with Crippen molar-refractivity contribution in [3.63, 3.8) is 0 Å². The van der Waals surface area contributed by atoms with Crippen LogP contribution in [0.3, 0.4) is 0 Å². The third-order valence-electron chi connectivity index (χ3n) is 5.35. The van der Waals surface area contributed by atoms with Crippen LogP contribution >= 0.6 is 0 Å². The van der Waals surface area contributed by atoms with E-state index in [0.29, 0.717) is 19.3 Å². The standard InChI is InChI=1S/C24H46O2/c1-2-3-4-5-6-7-8-9-10-11-12-13-14-15-16-17-18-19-21-24(26)22-20-23-25/h23H,2-22H2,1H3. The summed E-state index contributed by atoms with van der Waals surface area (Å²) in [5, 5.41) is 0. The molecule has 0 aromatic heterocycles. The normalized spacial score (nSPS) is 11.0. The molecule has 0 spiro atoms. The first-order chi connectivity index (χ1) is 12.8. The SMILES string of the molecule is CCCCCCCCCCCCCCCCCCCCC(=O)CCC=O. The van der Waals surface area contributed by atoms with Crippen LogP contribution in [0.4, 0.5) is 0 Å².